The predicted octanol–water partition coefficient (Wildman–Crippen LogP) is 3.73. The number of carbonyl (C=O) groups excluding carboxylic acids is 1. The van der Waals surface area contributed by atoms with Crippen LogP contribution in [0.1, 0.15) is 12.0 Å². The SMILES string of the molecule is CSc1ccc(NC(=O)CCNS(=O)(=O)c2cccc(C(F)(F)F)c2)cc1. The lowest BCUT2D eigenvalue weighted by Crippen LogP contribution is -2.28. The van der Waals surface area contributed by atoms with E-state index in [0.29, 0.717) is 11.8 Å². The third-order valence-electron chi connectivity index (χ3n) is 3.49. The first-order chi connectivity index (χ1) is 12.6. The molecule has 2 rings (SSSR count). The molecule has 0 aliphatic heterocycles. The number of nitrogens with one attached hydrogen (secondary N) is 2. The molecule has 2 aromatic carbocycles. The van der Waals surface area contributed by atoms with Gasteiger partial charge >= 0.3 is 6.18 Å². The predicted molar refractivity (Wildman–Crippen MR) is 98.1 cm³/mol. The zero-order valence-corrected chi connectivity index (χ0v) is 15.8. The summed E-state index contributed by atoms with van der Waals surface area (Å²) in [5, 5.41) is 2.62. The van der Waals surface area contributed by atoms with Gasteiger partial charge in [-0.2, -0.15) is 13.2 Å². The third-order valence-corrected chi connectivity index (χ3v) is 5.69. The highest BCUT2D eigenvalue weighted by Gasteiger charge is 2.31. The molecule has 0 aliphatic carbocycles. The lowest BCUT2D eigenvalue weighted by molar-refractivity contribution is -0.137. The van der Waals surface area contributed by atoms with Crippen LogP contribution in [0.2, 0.25) is 0 Å². The van der Waals surface area contributed by atoms with Gasteiger partial charge in [0, 0.05) is 23.5 Å². The second-order valence-corrected chi connectivity index (χ2v) is 8.10. The highest BCUT2D eigenvalue weighted by Crippen LogP contribution is 2.30. The van der Waals surface area contributed by atoms with E-state index in [1.807, 2.05) is 18.4 Å². The van der Waals surface area contributed by atoms with Crippen molar-refractivity contribution in [3.05, 3.63) is 54.1 Å². The molecule has 0 spiro atoms. The highest BCUT2D eigenvalue weighted by molar-refractivity contribution is 7.98. The fourth-order valence-corrected chi connectivity index (χ4v) is 3.61. The number of hydrogen-bond donors (Lipinski definition) is 2. The minimum absolute atomic E-state index is 0.164. The highest BCUT2D eigenvalue weighted by atomic mass is 32.2. The fourth-order valence-electron chi connectivity index (χ4n) is 2.12. The summed E-state index contributed by atoms with van der Waals surface area (Å²) in [7, 11) is -4.15. The van der Waals surface area contributed by atoms with Crippen LogP contribution in [0.5, 0.6) is 0 Å². The van der Waals surface area contributed by atoms with Gasteiger partial charge in [-0.05, 0) is 48.7 Å². The second-order valence-electron chi connectivity index (χ2n) is 5.45. The Morgan fingerprint density at radius 3 is 2.37 bits per heavy atom. The van der Waals surface area contributed by atoms with E-state index in [1.54, 1.807) is 23.9 Å². The fraction of sp³-hybridized carbons (Fsp3) is 0.235. The van der Waals surface area contributed by atoms with Crippen molar-refractivity contribution in [3.63, 3.8) is 0 Å². The lowest BCUT2D eigenvalue weighted by Gasteiger charge is -2.10. The number of anilines is 1. The van der Waals surface area contributed by atoms with Crippen LogP contribution in [0.25, 0.3) is 0 Å². The van der Waals surface area contributed by atoms with E-state index in [-0.39, 0.29) is 13.0 Å². The van der Waals surface area contributed by atoms with Crippen LogP contribution in [-0.4, -0.2) is 27.1 Å². The molecule has 1 amide bonds. The van der Waals surface area contributed by atoms with Crippen LogP contribution in [0.15, 0.2) is 58.3 Å². The molecule has 0 aromatic heterocycles. The van der Waals surface area contributed by atoms with Crippen LogP contribution in [0.3, 0.4) is 0 Å². The Morgan fingerprint density at radius 2 is 1.78 bits per heavy atom. The number of hydrogen-bond acceptors (Lipinski definition) is 4. The molecule has 146 valence electrons. The molecule has 0 bridgehead atoms. The maximum absolute atomic E-state index is 12.7. The van der Waals surface area contributed by atoms with E-state index in [2.05, 4.69) is 10.0 Å². The van der Waals surface area contributed by atoms with Gasteiger partial charge in [-0.3, -0.25) is 4.79 Å². The maximum Gasteiger partial charge on any atom is 0.416 e. The van der Waals surface area contributed by atoms with Crippen LogP contribution in [0, 0.1) is 0 Å². The summed E-state index contributed by atoms with van der Waals surface area (Å²) in [6.45, 7) is -0.243. The molecule has 0 fully saturated rings. The normalized spacial score (nSPS) is 12.0. The van der Waals surface area contributed by atoms with E-state index < -0.39 is 32.6 Å². The van der Waals surface area contributed by atoms with E-state index in [0.717, 1.165) is 23.1 Å². The summed E-state index contributed by atoms with van der Waals surface area (Å²) in [6.07, 6.45) is -2.89. The Balaban J connectivity index is 1.92. The van der Waals surface area contributed by atoms with Crippen molar-refractivity contribution in [2.24, 2.45) is 0 Å². The molecule has 0 unspecified atom stereocenters. The Morgan fingerprint density at radius 1 is 1.11 bits per heavy atom. The zero-order valence-electron chi connectivity index (χ0n) is 14.2. The topological polar surface area (TPSA) is 75.3 Å². The Hall–Kier alpha value is -2.04. The third kappa shape index (κ3) is 6.26. The summed E-state index contributed by atoms with van der Waals surface area (Å²) < 4.78 is 64.4. The van der Waals surface area contributed by atoms with Gasteiger partial charge in [-0.1, -0.05) is 6.07 Å². The summed E-state index contributed by atoms with van der Waals surface area (Å²) in [4.78, 5) is 12.4. The first kappa shape index (κ1) is 21.3. The van der Waals surface area contributed by atoms with E-state index in [1.165, 1.54) is 0 Å². The molecule has 0 saturated carbocycles. The standard InChI is InChI=1S/C17H17F3N2O3S2/c1-26-14-7-5-13(6-8-14)22-16(23)9-10-21-27(24,25)15-4-2-3-12(11-15)17(18,19)20/h2-8,11,21H,9-10H2,1H3,(H,22,23). The smallest absolute Gasteiger partial charge is 0.326 e. The molecule has 27 heavy (non-hydrogen) atoms. The molecule has 0 heterocycles. The average molecular weight is 418 g/mol. The monoisotopic (exact) mass is 418 g/mol. The van der Waals surface area contributed by atoms with Crippen LogP contribution < -0.4 is 10.0 Å². The van der Waals surface area contributed by atoms with Crippen LogP contribution in [0.4, 0.5) is 18.9 Å². The minimum Gasteiger partial charge on any atom is -0.326 e. The van der Waals surface area contributed by atoms with E-state index >= 15 is 0 Å². The van der Waals surface area contributed by atoms with Crippen molar-refractivity contribution < 1.29 is 26.4 Å². The van der Waals surface area contributed by atoms with E-state index in [9.17, 15) is 26.4 Å². The second kappa shape index (κ2) is 8.77. The number of benzene rings is 2. The summed E-state index contributed by atoms with van der Waals surface area (Å²) in [5.74, 6) is -0.418. The van der Waals surface area contributed by atoms with Crippen molar-refractivity contribution in [1.29, 1.82) is 0 Å². The average Bonchev–Trinajstić information content (AvgIpc) is 2.61. The maximum atomic E-state index is 12.7. The summed E-state index contributed by atoms with van der Waals surface area (Å²) in [5.41, 5.74) is -0.490. The number of carbonyl (C=O) groups is 1. The number of halogens is 3. The van der Waals surface area contributed by atoms with Gasteiger partial charge in [0.25, 0.3) is 0 Å². The molecular weight excluding hydrogens is 401 g/mol. The quantitative estimate of drug-likeness (QED) is 0.672. The van der Waals surface area contributed by atoms with Gasteiger partial charge in [0.1, 0.15) is 0 Å². The first-order valence-corrected chi connectivity index (χ1v) is 10.4. The van der Waals surface area contributed by atoms with Crippen LogP contribution in [-0.2, 0) is 21.0 Å². The molecule has 0 saturated heterocycles. The number of thioether (sulfide) groups is 1. The zero-order chi connectivity index (χ0) is 20.1. The van der Waals surface area contributed by atoms with Gasteiger partial charge in [-0.25, -0.2) is 13.1 Å². The molecule has 2 N–H and O–H groups in total. The first-order valence-electron chi connectivity index (χ1n) is 7.72. The van der Waals surface area contributed by atoms with Crippen molar-refractivity contribution in [3.8, 4) is 0 Å². The van der Waals surface area contributed by atoms with Gasteiger partial charge in [0.2, 0.25) is 15.9 Å². The molecule has 5 nitrogen and oxygen atoms in total. The largest absolute Gasteiger partial charge is 0.416 e. The van der Waals surface area contributed by atoms with Gasteiger partial charge in [0.15, 0.2) is 0 Å². The van der Waals surface area contributed by atoms with Crippen molar-refractivity contribution in [2.45, 2.75) is 22.4 Å². The van der Waals surface area contributed by atoms with Gasteiger partial charge in [0.05, 0.1) is 10.5 Å². The molecule has 0 radical (unpaired) electrons. The Labute approximate surface area is 159 Å². The van der Waals surface area contributed by atoms with E-state index in [4.69, 9.17) is 0 Å². The Kier molecular flexibility index (Phi) is 6.90. The molecular formula is C17H17F3N2O3S2. The molecule has 10 heteroatoms. The number of sulfonamides is 1. The molecule has 0 aliphatic rings. The van der Waals surface area contributed by atoms with Gasteiger partial charge < -0.3 is 5.32 Å². The van der Waals surface area contributed by atoms with Crippen molar-refractivity contribution in [1.82, 2.24) is 4.72 Å². The van der Waals surface area contributed by atoms with Crippen molar-refractivity contribution >= 4 is 33.4 Å². The minimum atomic E-state index is -4.64. The summed E-state index contributed by atoms with van der Waals surface area (Å²) >= 11 is 1.55. The number of alkyl halides is 3. The number of rotatable bonds is 7. The Bertz CT molecular complexity index is 898. The summed E-state index contributed by atoms with van der Waals surface area (Å²) in [6, 6.07) is 10.5. The molecule has 0 atom stereocenters. The van der Waals surface area contributed by atoms with Gasteiger partial charge in [-0.15, -0.1) is 11.8 Å². The number of amides is 1. The lowest BCUT2D eigenvalue weighted by atomic mass is 10.2. The van der Waals surface area contributed by atoms with Crippen LogP contribution >= 0.6 is 11.8 Å². The van der Waals surface area contributed by atoms with Crippen molar-refractivity contribution in [2.75, 3.05) is 18.1 Å². The molecule has 2 aromatic rings.